The first kappa shape index (κ1) is 12.8. The lowest BCUT2D eigenvalue weighted by Gasteiger charge is -2.29. The molecule has 96 valence electrons. The Labute approximate surface area is 109 Å². The molecule has 2 rings (SSSR count). The van der Waals surface area contributed by atoms with E-state index in [1.54, 1.807) is 11.0 Å². The van der Waals surface area contributed by atoms with E-state index in [4.69, 9.17) is 16.7 Å². The van der Waals surface area contributed by atoms with Crippen LogP contribution in [0.1, 0.15) is 23.3 Å². The molecule has 0 radical (unpaired) electrons. The quantitative estimate of drug-likeness (QED) is 0.886. The number of carbonyl (C=O) groups is 2. The van der Waals surface area contributed by atoms with Crippen molar-refractivity contribution in [2.45, 2.75) is 12.8 Å². The lowest BCUT2D eigenvalue weighted by Crippen LogP contribution is -2.40. The Balaban J connectivity index is 2.02. The Hall–Kier alpha value is -1.62. The van der Waals surface area contributed by atoms with Gasteiger partial charge in [0.25, 0.3) is 5.91 Å². The number of nitrogens with zero attached hydrogens (tertiary/aromatic N) is 2. The van der Waals surface area contributed by atoms with Crippen molar-refractivity contribution in [3.05, 3.63) is 29.0 Å². The van der Waals surface area contributed by atoms with Gasteiger partial charge >= 0.3 is 5.97 Å². The van der Waals surface area contributed by atoms with E-state index in [1.165, 1.54) is 12.3 Å². The highest BCUT2D eigenvalue weighted by Gasteiger charge is 2.27. The smallest absolute Gasteiger partial charge is 0.306 e. The molecule has 5 nitrogen and oxygen atoms in total. The van der Waals surface area contributed by atoms with Crippen LogP contribution >= 0.6 is 11.6 Å². The molecule has 0 aliphatic carbocycles. The van der Waals surface area contributed by atoms with E-state index in [0.717, 1.165) is 0 Å². The van der Waals surface area contributed by atoms with Crippen LogP contribution in [0, 0.1) is 5.92 Å². The zero-order chi connectivity index (χ0) is 13.1. The molecule has 0 unspecified atom stereocenters. The first-order valence-corrected chi connectivity index (χ1v) is 6.09. The minimum atomic E-state index is -0.789. The van der Waals surface area contributed by atoms with Crippen molar-refractivity contribution in [1.82, 2.24) is 9.88 Å². The van der Waals surface area contributed by atoms with Crippen LogP contribution in [0.4, 0.5) is 0 Å². The van der Waals surface area contributed by atoms with E-state index in [0.29, 0.717) is 36.6 Å². The van der Waals surface area contributed by atoms with E-state index in [2.05, 4.69) is 4.98 Å². The summed E-state index contributed by atoms with van der Waals surface area (Å²) < 4.78 is 0. The highest BCUT2D eigenvalue weighted by molar-refractivity contribution is 6.30. The summed E-state index contributed by atoms with van der Waals surface area (Å²) in [7, 11) is 0. The van der Waals surface area contributed by atoms with E-state index < -0.39 is 5.97 Å². The number of carbonyl (C=O) groups excluding carboxylic acids is 1. The summed E-state index contributed by atoms with van der Waals surface area (Å²) in [6.45, 7) is 0.897. The molecule has 1 aliphatic rings. The Morgan fingerprint density at radius 1 is 1.39 bits per heavy atom. The van der Waals surface area contributed by atoms with Crippen LogP contribution in [0.25, 0.3) is 0 Å². The predicted octanol–water partition coefficient (Wildman–Crippen LogP) is 1.67. The van der Waals surface area contributed by atoms with Crippen LogP contribution < -0.4 is 0 Å². The summed E-state index contributed by atoms with van der Waals surface area (Å²) in [5.41, 5.74) is 0.302. The zero-order valence-corrected chi connectivity index (χ0v) is 10.4. The summed E-state index contributed by atoms with van der Waals surface area (Å²) >= 11 is 5.80. The van der Waals surface area contributed by atoms with Crippen molar-refractivity contribution >= 4 is 23.5 Å². The summed E-state index contributed by atoms with van der Waals surface area (Å²) in [5.74, 6) is -1.33. The molecule has 1 saturated heterocycles. The molecule has 0 saturated carbocycles. The van der Waals surface area contributed by atoms with Gasteiger partial charge in [0.15, 0.2) is 0 Å². The third-order valence-electron chi connectivity index (χ3n) is 3.07. The Bertz CT molecular complexity index is 470. The highest BCUT2D eigenvalue weighted by atomic mass is 35.5. The number of carboxylic acid groups (broad SMARTS) is 1. The molecule has 0 atom stereocenters. The zero-order valence-electron chi connectivity index (χ0n) is 9.67. The average Bonchev–Trinajstić information content (AvgIpc) is 2.38. The molecule has 1 fully saturated rings. The molecule has 1 N–H and O–H groups in total. The van der Waals surface area contributed by atoms with Gasteiger partial charge in [-0.2, -0.15) is 0 Å². The molecule has 18 heavy (non-hydrogen) atoms. The summed E-state index contributed by atoms with van der Waals surface area (Å²) in [6.07, 6.45) is 2.46. The second-order valence-corrected chi connectivity index (χ2v) is 4.70. The SMILES string of the molecule is O=C(O)C1CCN(C(=O)c2cc(Cl)ccn2)CC1. The van der Waals surface area contributed by atoms with Gasteiger partial charge in [-0.3, -0.25) is 14.6 Å². The van der Waals surface area contributed by atoms with Crippen LogP contribution in [0.5, 0.6) is 0 Å². The molecule has 1 aliphatic heterocycles. The first-order valence-electron chi connectivity index (χ1n) is 5.71. The Morgan fingerprint density at radius 2 is 2.06 bits per heavy atom. The molecule has 1 aromatic heterocycles. The lowest BCUT2D eigenvalue weighted by atomic mass is 9.97. The van der Waals surface area contributed by atoms with Gasteiger partial charge in [0.05, 0.1) is 5.92 Å². The molecule has 1 aromatic rings. The number of pyridine rings is 1. The van der Waals surface area contributed by atoms with Crippen molar-refractivity contribution < 1.29 is 14.7 Å². The van der Waals surface area contributed by atoms with E-state index in [1.807, 2.05) is 0 Å². The lowest BCUT2D eigenvalue weighted by molar-refractivity contribution is -0.143. The topological polar surface area (TPSA) is 70.5 Å². The van der Waals surface area contributed by atoms with Gasteiger partial charge in [-0.1, -0.05) is 11.6 Å². The van der Waals surface area contributed by atoms with Crippen LogP contribution in [0.3, 0.4) is 0 Å². The summed E-state index contributed by atoms with van der Waals surface area (Å²) in [5, 5.41) is 9.35. The van der Waals surface area contributed by atoms with E-state index >= 15 is 0 Å². The Kier molecular flexibility index (Phi) is 3.81. The molecule has 2 heterocycles. The van der Waals surface area contributed by atoms with Gasteiger partial charge in [-0.05, 0) is 25.0 Å². The largest absolute Gasteiger partial charge is 0.481 e. The number of halogens is 1. The van der Waals surface area contributed by atoms with Gasteiger partial charge < -0.3 is 10.0 Å². The number of amides is 1. The number of hydrogen-bond acceptors (Lipinski definition) is 3. The van der Waals surface area contributed by atoms with Crippen molar-refractivity contribution in [2.24, 2.45) is 5.92 Å². The summed E-state index contributed by atoms with van der Waals surface area (Å²) in [6, 6.07) is 3.13. The number of rotatable bonds is 2. The number of carboxylic acids is 1. The summed E-state index contributed by atoms with van der Waals surface area (Å²) in [4.78, 5) is 28.5. The second-order valence-electron chi connectivity index (χ2n) is 4.26. The van der Waals surface area contributed by atoms with Crippen LogP contribution in [-0.2, 0) is 4.79 Å². The molecular weight excluding hydrogens is 256 g/mol. The maximum Gasteiger partial charge on any atom is 0.306 e. The van der Waals surface area contributed by atoms with Gasteiger partial charge in [-0.25, -0.2) is 0 Å². The monoisotopic (exact) mass is 268 g/mol. The molecule has 6 heteroatoms. The van der Waals surface area contributed by atoms with Crippen LogP contribution in [0.2, 0.25) is 5.02 Å². The van der Waals surface area contributed by atoms with Gasteiger partial charge in [0, 0.05) is 24.3 Å². The maximum atomic E-state index is 12.1. The maximum absolute atomic E-state index is 12.1. The normalized spacial score (nSPS) is 16.6. The molecule has 1 amide bonds. The third kappa shape index (κ3) is 2.79. The van der Waals surface area contributed by atoms with Crippen molar-refractivity contribution in [3.8, 4) is 0 Å². The number of aliphatic carboxylic acids is 1. The van der Waals surface area contributed by atoms with Gasteiger partial charge in [0.1, 0.15) is 5.69 Å². The second kappa shape index (κ2) is 5.35. The standard InChI is InChI=1S/C12H13ClN2O3/c13-9-1-4-14-10(7-9)11(16)15-5-2-8(3-6-15)12(17)18/h1,4,7-8H,2-3,5-6H2,(H,17,18). The number of likely N-dealkylation sites (tertiary alicyclic amines) is 1. The average molecular weight is 269 g/mol. The molecule has 0 aromatic carbocycles. The van der Waals surface area contributed by atoms with Crippen molar-refractivity contribution in [1.29, 1.82) is 0 Å². The third-order valence-corrected chi connectivity index (χ3v) is 3.31. The van der Waals surface area contributed by atoms with E-state index in [-0.39, 0.29) is 11.8 Å². The highest BCUT2D eigenvalue weighted by Crippen LogP contribution is 2.19. The number of hydrogen-bond donors (Lipinski definition) is 1. The van der Waals surface area contributed by atoms with Crippen LogP contribution in [0.15, 0.2) is 18.3 Å². The minimum Gasteiger partial charge on any atom is -0.481 e. The number of aromatic nitrogens is 1. The van der Waals surface area contributed by atoms with Crippen LogP contribution in [-0.4, -0.2) is 40.0 Å². The molecule has 0 bridgehead atoms. The van der Waals surface area contributed by atoms with Gasteiger partial charge in [-0.15, -0.1) is 0 Å². The van der Waals surface area contributed by atoms with Crippen molar-refractivity contribution in [2.75, 3.05) is 13.1 Å². The molecule has 0 spiro atoms. The minimum absolute atomic E-state index is 0.193. The first-order chi connectivity index (χ1) is 8.58. The van der Waals surface area contributed by atoms with Crippen molar-refractivity contribution in [3.63, 3.8) is 0 Å². The molecular formula is C12H13ClN2O3. The van der Waals surface area contributed by atoms with E-state index in [9.17, 15) is 9.59 Å². The fourth-order valence-electron chi connectivity index (χ4n) is 2.01. The fraction of sp³-hybridized carbons (Fsp3) is 0.417. The predicted molar refractivity (Wildman–Crippen MR) is 65.5 cm³/mol. The number of piperidine rings is 1. The fourth-order valence-corrected chi connectivity index (χ4v) is 2.17. The Morgan fingerprint density at radius 3 is 2.61 bits per heavy atom. The van der Waals surface area contributed by atoms with Gasteiger partial charge in [0.2, 0.25) is 0 Å².